The molecule has 2 fully saturated rings. The van der Waals surface area contributed by atoms with Crippen LogP contribution >= 0.6 is 0 Å². The Hall–Kier alpha value is -7.30. The highest BCUT2D eigenvalue weighted by molar-refractivity contribution is 5.94. The average Bonchev–Trinajstić information content (AvgIpc) is 3.99. The number of benzene rings is 4. The van der Waals surface area contributed by atoms with Gasteiger partial charge in [0.1, 0.15) is 12.2 Å². The molecule has 0 aliphatic carbocycles. The van der Waals surface area contributed by atoms with Crippen molar-refractivity contribution in [3.63, 3.8) is 0 Å². The molecule has 2 aliphatic rings. The SMILES string of the molecule is CCN(C1CN(c2cnnc3cc(OC)c(OC)cc23)CC1Oc1ccc2ccccc2n1)C(C1CN(c2cnnc3cc(OC)c(OC)cc23)CC1Oc1ccc2ccccc2n1)C(C)(N)CC. The number of rotatable bonds is 16. The first-order valence-corrected chi connectivity index (χ1v) is 23.5. The van der Waals surface area contributed by atoms with Gasteiger partial charge in [-0.15, -0.1) is 0 Å². The maximum atomic E-state index is 7.70. The molecule has 6 unspecified atom stereocenters. The minimum Gasteiger partial charge on any atom is -0.493 e. The molecule has 2 aliphatic heterocycles. The number of aromatic nitrogens is 6. The number of nitrogens with zero attached hydrogens (tertiary/aromatic N) is 9. The predicted octanol–water partition coefficient (Wildman–Crippen LogP) is 7.74. The molecule has 0 saturated carbocycles. The van der Waals surface area contributed by atoms with Crippen molar-refractivity contribution in [3.8, 4) is 34.8 Å². The van der Waals surface area contributed by atoms with Crippen LogP contribution in [0.15, 0.2) is 109 Å². The molecule has 0 bridgehead atoms. The monoisotopic (exact) mass is 930 g/mol. The normalized spacial score (nSPS) is 19.6. The van der Waals surface area contributed by atoms with E-state index in [0.717, 1.165) is 44.0 Å². The van der Waals surface area contributed by atoms with Gasteiger partial charge in [0.05, 0.1) is 93.4 Å². The number of para-hydroxylation sites is 2. The molecule has 0 radical (unpaired) electrons. The maximum Gasteiger partial charge on any atom is 0.214 e. The minimum atomic E-state index is -0.710. The second kappa shape index (κ2) is 19.0. The highest BCUT2D eigenvalue weighted by atomic mass is 16.5. The van der Waals surface area contributed by atoms with Crippen LogP contribution in [-0.2, 0) is 0 Å². The first-order valence-electron chi connectivity index (χ1n) is 23.5. The number of fused-ring (bicyclic) bond motifs is 4. The van der Waals surface area contributed by atoms with Gasteiger partial charge in [-0.1, -0.05) is 50.2 Å². The number of hydrogen-bond acceptors (Lipinski definition) is 16. The van der Waals surface area contributed by atoms with E-state index >= 15 is 0 Å². The molecule has 4 aromatic heterocycles. The van der Waals surface area contributed by atoms with E-state index in [-0.39, 0.29) is 30.2 Å². The summed E-state index contributed by atoms with van der Waals surface area (Å²) in [5, 5.41) is 21.9. The van der Waals surface area contributed by atoms with Crippen LogP contribution in [0.1, 0.15) is 27.2 Å². The van der Waals surface area contributed by atoms with Crippen LogP contribution in [0, 0.1) is 5.92 Å². The van der Waals surface area contributed by atoms with Crippen molar-refractivity contribution in [2.75, 3.05) is 71.0 Å². The van der Waals surface area contributed by atoms with E-state index in [2.05, 4.69) is 80.1 Å². The van der Waals surface area contributed by atoms with Crippen molar-refractivity contribution in [2.45, 2.75) is 57.0 Å². The lowest BCUT2D eigenvalue weighted by molar-refractivity contribution is -0.00848. The van der Waals surface area contributed by atoms with Crippen LogP contribution in [0.5, 0.6) is 34.8 Å². The van der Waals surface area contributed by atoms with Gasteiger partial charge in [-0.2, -0.15) is 20.4 Å². The van der Waals surface area contributed by atoms with Gasteiger partial charge in [0, 0.05) is 76.4 Å². The predicted molar refractivity (Wildman–Crippen MR) is 268 cm³/mol. The molecule has 6 heterocycles. The van der Waals surface area contributed by atoms with Crippen LogP contribution < -0.4 is 44.0 Å². The number of nitrogens with two attached hydrogens (primary N) is 1. The van der Waals surface area contributed by atoms with Crippen molar-refractivity contribution in [3.05, 3.63) is 109 Å². The summed E-state index contributed by atoms with van der Waals surface area (Å²) in [7, 11) is 6.52. The van der Waals surface area contributed by atoms with Gasteiger partial charge >= 0.3 is 0 Å². The van der Waals surface area contributed by atoms with Crippen molar-refractivity contribution in [1.82, 2.24) is 35.3 Å². The van der Waals surface area contributed by atoms with Crippen molar-refractivity contribution in [2.24, 2.45) is 11.7 Å². The molecule has 0 amide bonds. The third-order valence-corrected chi connectivity index (χ3v) is 14.2. The zero-order chi connectivity index (χ0) is 47.8. The summed E-state index contributed by atoms with van der Waals surface area (Å²) < 4.78 is 37.2. The molecule has 6 atom stereocenters. The molecular formula is C53H58N10O6. The Morgan fingerprint density at radius 3 is 1.59 bits per heavy atom. The fourth-order valence-corrected chi connectivity index (χ4v) is 10.6. The number of pyridine rings is 2. The smallest absolute Gasteiger partial charge is 0.214 e. The highest BCUT2D eigenvalue weighted by Gasteiger charge is 2.52. The number of methoxy groups -OCH3 is 4. The molecule has 8 aromatic rings. The molecule has 16 heteroatoms. The molecule has 2 N–H and O–H groups in total. The van der Waals surface area contributed by atoms with E-state index in [1.54, 1.807) is 28.4 Å². The van der Waals surface area contributed by atoms with Crippen LogP contribution in [0.4, 0.5) is 11.4 Å². The molecule has 16 nitrogen and oxygen atoms in total. The zero-order valence-corrected chi connectivity index (χ0v) is 40.1. The number of anilines is 2. The summed E-state index contributed by atoms with van der Waals surface area (Å²) in [4.78, 5) is 17.3. The first kappa shape index (κ1) is 45.5. The van der Waals surface area contributed by atoms with E-state index < -0.39 is 5.54 Å². The van der Waals surface area contributed by atoms with Gasteiger partial charge in [-0.3, -0.25) is 4.90 Å². The van der Waals surface area contributed by atoms with Crippen molar-refractivity contribution in [1.29, 1.82) is 0 Å². The lowest BCUT2D eigenvalue weighted by atomic mass is 9.78. The molecule has 4 aromatic carbocycles. The highest BCUT2D eigenvalue weighted by Crippen LogP contribution is 2.43. The Bertz CT molecular complexity index is 3140. The van der Waals surface area contributed by atoms with E-state index in [4.69, 9.17) is 44.1 Å². The van der Waals surface area contributed by atoms with Crippen molar-refractivity contribution < 1.29 is 28.4 Å². The summed E-state index contributed by atoms with van der Waals surface area (Å²) in [5.74, 6) is 3.32. The van der Waals surface area contributed by atoms with E-state index in [0.29, 0.717) is 84.9 Å². The Morgan fingerprint density at radius 1 is 0.609 bits per heavy atom. The van der Waals surface area contributed by atoms with Crippen LogP contribution in [-0.4, -0.2) is 126 Å². The minimum absolute atomic E-state index is 0.148. The van der Waals surface area contributed by atoms with E-state index in [9.17, 15) is 0 Å². The van der Waals surface area contributed by atoms with Crippen molar-refractivity contribution >= 4 is 55.0 Å². The number of hydrogen-bond donors (Lipinski definition) is 1. The van der Waals surface area contributed by atoms with Gasteiger partial charge in [0.2, 0.25) is 11.8 Å². The second-order valence-corrected chi connectivity index (χ2v) is 18.1. The molecule has 356 valence electrons. The van der Waals surface area contributed by atoms with Gasteiger partial charge in [0.25, 0.3) is 0 Å². The molecule has 10 rings (SSSR count). The number of likely N-dealkylation sites (N-methyl/N-ethyl adjacent to an activating group) is 1. The standard InChI is InChI=1S/C53H58N10O6/c1-8-53(3,54)52(36-28-61(30-48(36)68-50-20-18-32-14-10-12-16-37(32)57-50)41-26-55-59-39-24-46(66-6)44(64-4)22-34(39)41)63(9-2)43-29-62(31-49(43)69-51-21-19-33-15-11-13-17-38(33)58-51)42-27-56-60-40-25-47(67-7)45(65-5)23-35(40)42/h10-27,36,43,48-49,52H,8-9,28-31,54H2,1-7H3. The average molecular weight is 931 g/mol. The fourth-order valence-electron chi connectivity index (χ4n) is 10.6. The first-order chi connectivity index (χ1) is 33.6. The van der Waals surface area contributed by atoms with Crippen LogP contribution in [0.25, 0.3) is 43.6 Å². The zero-order valence-electron chi connectivity index (χ0n) is 40.1. The third-order valence-electron chi connectivity index (χ3n) is 14.2. The largest absolute Gasteiger partial charge is 0.493 e. The molecule has 0 spiro atoms. The Balaban J connectivity index is 1.09. The lowest BCUT2D eigenvalue weighted by Crippen LogP contribution is -2.66. The Labute approximate surface area is 401 Å². The lowest BCUT2D eigenvalue weighted by Gasteiger charge is -2.48. The summed E-state index contributed by atoms with van der Waals surface area (Å²) >= 11 is 0. The third kappa shape index (κ3) is 8.63. The quantitative estimate of drug-likeness (QED) is 0.0998. The molecular weight excluding hydrogens is 873 g/mol. The van der Waals surface area contributed by atoms with Gasteiger partial charge in [-0.05, 0) is 56.3 Å². The topological polar surface area (TPSA) is 168 Å². The molecule has 2 saturated heterocycles. The Kier molecular flexibility index (Phi) is 12.5. The summed E-state index contributed by atoms with van der Waals surface area (Å²) in [6.45, 7) is 9.45. The van der Waals surface area contributed by atoms with E-state index in [1.165, 1.54) is 0 Å². The second-order valence-electron chi connectivity index (χ2n) is 18.1. The Morgan fingerprint density at radius 2 is 1.09 bits per heavy atom. The van der Waals surface area contributed by atoms with E-state index in [1.807, 2.05) is 85.2 Å². The number of ether oxygens (including phenoxy) is 6. The maximum absolute atomic E-state index is 7.70. The van der Waals surface area contributed by atoms with Crippen LogP contribution in [0.3, 0.4) is 0 Å². The summed E-state index contributed by atoms with van der Waals surface area (Å²) in [5.41, 5.74) is 11.9. The van der Waals surface area contributed by atoms with Crippen LogP contribution in [0.2, 0.25) is 0 Å². The summed E-state index contributed by atoms with van der Waals surface area (Å²) in [6, 6.07) is 31.5. The summed E-state index contributed by atoms with van der Waals surface area (Å²) in [6.07, 6.45) is 3.62. The fraction of sp³-hybridized carbons (Fsp3) is 0.358. The van der Waals surface area contributed by atoms with Gasteiger partial charge in [0.15, 0.2) is 23.0 Å². The molecule has 69 heavy (non-hydrogen) atoms. The van der Waals surface area contributed by atoms with Gasteiger partial charge < -0.3 is 44.0 Å². The van der Waals surface area contributed by atoms with Gasteiger partial charge in [-0.25, -0.2) is 9.97 Å².